The second-order valence-corrected chi connectivity index (χ2v) is 11.2. The van der Waals surface area contributed by atoms with Crippen molar-refractivity contribution in [1.82, 2.24) is 9.88 Å². The Morgan fingerprint density at radius 2 is 1.68 bits per heavy atom. The average molecular weight is 548 g/mol. The summed E-state index contributed by atoms with van der Waals surface area (Å²) in [6.45, 7) is 3.92. The van der Waals surface area contributed by atoms with Crippen molar-refractivity contribution < 1.29 is 23.0 Å². The summed E-state index contributed by atoms with van der Waals surface area (Å²) in [6.07, 6.45) is 5.95. The molecule has 0 spiro atoms. The fourth-order valence-corrected chi connectivity index (χ4v) is 6.26. The van der Waals surface area contributed by atoms with E-state index in [1.807, 2.05) is 19.1 Å². The van der Waals surface area contributed by atoms with Gasteiger partial charge in [-0.2, -0.15) is 0 Å². The molecule has 3 heterocycles. The Kier molecular flexibility index (Phi) is 7.34. The number of carbonyl (C=O) groups excluding carboxylic acids is 1. The molecule has 1 aliphatic carbocycles. The highest BCUT2D eigenvalue weighted by Crippen LogP contribution is 2.41. The van der Waals surface area contributed by atoms with Crippen molar-refractivity contribution in [2.75, 3.05) is 25.1 Å². The molecule has 2 aromatic carbocycles. The third kappa shape index (κ3) is 5.11. The molecule has 1 amide bonds. The van der Waals surface area contributed by atoms with Gasteiger partial charge in [-0.15, -0.1) is 0 Å². The van der Waals surface area contributed by atoms with Gasteiger partial charge in [0, 0.05) is 35.8 Å². The summed E-state index contributed by atoms with van der Waals surface area (Å²) in [4.78, 5) is 22.0. The number of methoxy groups -OCH3 is 1. The summed E-state index contributed by atoms with van der Waals surface area (Å²) in [5.41, 5.74) is 4.19. The molecular weight excluding hydrogens is 512 g/mol. The van der Waals surface area contributed by atoms with Crippen molar-refractivity contribution in [2.24, 2.45) is 0 Å². The fourth-order valence-electron chi connectivity index (χ4n) is 6.26. The first-order chi connectivity index (χ1) is 19.4. The molecule has 8 heteroatoms. The minimum atomic E-state index is -0.788. The summed E-state index contributed by atoms with van der Waals surface area (Å²) in [5, 5.41) is 0. The van der Waals surface area contributed by atoms with Crippen LogP contribution < -0.4 is 9.64 Å². The molecule has 0 N–H and O–H groups in total. The second-order valence-electron chi connectivity index (χ2n) is 11.2. The maximum atomic E-state index is 14.0. The predicted octanol–water partition coefficient (Wildman–Crippen LogP) is 7.38. The number of hydrogen-bond donors (Lipinski definition) is 0. The Balaban J connectivity index is 1.37. The van der Waals surface area contributed by atoms with Crippen LogP contribution in [0.25, 0.3) is 11.1 Å². The topological polar surface area (TPSA) is 54.9 Å². The first kappa shape index (κ1) is 26.5. The number of halogens is 2. The number of nitrogens with zero attached hydrogens (tertiary/aromatic N) is 3. The van der Waals surface area contributed by atoms with E-state index >= 15 is 0 Å². The SMILES string of the molecule is COc1ccc(C2CCCCC2)cc1-c1ccc(N2CCC2)nc1CN1C(=O)OC(c2cc(F)cc(F)c2)[C@@H]1C. The van der Waals surface area contributed by atoms with E-state index in [4.69, 9.17) is 14.5 Å². The largest absolute Gasteiger partial charge is 0.496 e. The Morgan fingerprint density at radius 1 is 0.925 bits per heavy atom. The van der Waals surface area contributed by atoms with Crippen molar-refractivity contribution >= 4 is 11.9 Å². The van der Waals surface area contributed by atoms with Gasteiger partial charge in [0.05, 0.1) is 25.4 Å². The first-order valence-corrected chi connectivity index (χ1v) is 14.3. The average Bonchev–Trinajstić information content (AvgIpc) is 3.20. The summed E-state index contributed by atoms with van der Waals surface area (Å²) in [7, 11) is 1.67. The third-order valence-electron chi connectivity index (χ3n) is 8.66. The number of benzene rings is 2. The molecular formula is C32H35F2N3O3. The van der Waals surface area contributed by atoms with Crippen molar-refractivity contribution in [3.8, 4) is 16.9 Å². The normalized spacial score (nSPS) is 21.4. The van der Waals surface area contributed by atoms with Gasteiger partial charge in [0.1, 0.15) is 29.3 Å². The smallest absolute Gasteiger partial charge is 0.411 e. The van der Waals surface area contributed by atoms with Crippen LogP contribution in [0.5, 0.6) is 5.75 Å². The van der Waals surface area contributed by atoms with Crippen LogP contribution in [0.15, 0.2) is 48.5 Å². The lowest BCUT2D eigenvalue weighted by molar-refractivity contribution is 0.130. The van der Waals surface area contributed by atoms with Gasteiger partial charge in [-0.3, -0.25) is 4.90 Å². The zero-order valence-electron chi connectivity index (χ0n) is 23.0. The summed E-state index contributed by atoms with van der Waals surface area (Å²) in [5.74, 6) is 0.748. The molecule has 2 saturated heterocycles. The molecule has 0 bridgehead atoms. The van der Waals surface area contributed by atoms with Crippen LogP contribution in [0.3, 0.4) is 0 Å². The number of rotatable bonds is 7. The predicted molar refractivity (Wildman–Crippen MR) is 149 cm³/mol. The zero-order valence-corrected chi connectivity index (χ0v) is 23.0. The molecule has 3 aromatic rings. The molecule has 3 aliphatic rings. The van der Waals surface area contributed by atoms with Gasteiger partial charge in [-0.25, -0.2) is 18.6 Å². The third-order valence-corrected chi connectivity index (χ3v) is 8.66. The monoisotopic (exact) mass is 547 g/mol. The molecule has 6 rings (SSSR count). The summed E-state index contributed by atoms with van der Waals surface area (Å²) >= 11 is 0. The highest BCUT2D eigenvalue weighted by atomic mass is 19.1. The van der Waals surface area contributed by atoms with E-state index in [-0.39, 0.29) is 6.54 Å². The standard InChI is InChI=1S/C32H35F2N3O3/c1-20-31(23-15-24(33)18-25(34)16-23)40-32(38)37(20)19-28-26(10-12-30(35-28)36-13-6-14-36)27-17-22(9-11-29(27)39-2)21-7-4-3-5-8-21/h9-12,15-18,20-21,31H,3-8,13-14,19H2,1-2H3/t20-,31?/m0/s1. The van der Waals surface area contributed by atoms with Crippen molar-refractivity contribution in [3.05, 3.63) is 77.0 Å². The number of hydrogen-bond acceptors (Lipinski definition) is 5. The lowest BCUT2D eigenvalue weighted by Crippen LogP contribution is -2.38. The number of amides is 1. The molecule has 3 fully saturated rings. The van der Waals surface area contributed by atoms with Gasteiger partial charge in [0.15, 0.2) is 0 Å². The van der Waals surface area contributed by atoms with Gasteiger partial charge >= 0.3 is 6.09 Å². The number of ether oxygens (including phenoxy) is 2. The molecule has 0 radical (unpaired) electrons. The molecule has 210 valence electrons. The minimum absolute atomic E-state index is 0.197. The maximum absolute atomic E-state index is 14.0. The second kappa shape index (κ2) is 11.1. The van der Waals surface area contributed by atoms with Crippen molar-refractivity contribution in [1.29, 1.82) is 0 Å². The molecule has 2 aliphatic heterocycles. The van der Waals surface area contributed by atoms with Gasteiger partial charge in [0.25, 0.3) is 0 Å². The van der Waals surface area contributed by atoms with E-state index in [1.165, 1.54) is 49.8 Å². The number of cyclic esters (lactones) is 1. The van der Waals surface area contributed by atoms with Gasteiger partial charge in [0.2, 0.25) is 0 Å². The van der Waals surface area contributed by atoms with Crippen LogP contribution in [0, 0.1) is 11.6 Å². The van der Waals surface area contributed by atoms with Crippen LogP contribution >= 0.6 is 0 Å². The Labute approximate surface area is 233 Å². The summed E-state index contributed by atoms with van der Waals surface area (Å²) in [6, 6.07) is 13.3. The van der Waals surface area contributed by atoms with Gasteiger partial charge in [-0.05, 0) is 74.1 Å². The van der Waals surface area contributed by atoms with Crippen LogP contribution in [-0.2, 0) is 11.3 Å². The zero-order chi connectivity index (χ0) is 27.8. The highest BCUT2D eigenvalue weighted by molar-refractivity contribution is 5.76. The molecule has 1 aromatic heterocycles. The Morgan fingerprint density at radius 3 is 2.35 bits per heavy atom. The van der Waals surface area contributed by atoms with E-state index in [0.29, 0.717) is 11.5 Å². The van der Waals surface area contributed by atoms with E-state index in [0.717, 1.165) is 54.0 Å². The van der Waals surface area contributed by atoms with Crippen molar-refractivity contribution in [3.63, 3.8) is 0 Å². The van der Waals surface area contributed by atoms with Crippen LogP contribution in [0.1, 0.15) is 74.3 Å². The summed E-state index contributed by atoms with van der Waals surface area (Å²) < 4.78 is 39.4. The Hall–Kier alpha value is -3.68. The fraction of sp³-hybridized carbons (Fsp3) is 0.438. The number of pyridine rings is 1. The molecule has 2 atom stereocenters. The van der Waals surface area contributed by atoms with E-state index in [2.05, 4.69) is 23.1 Å². The highest BCUT2D eigenvalue weighted by Gasteiger charge is 2.40. The van der Waals surface area contributed by atoms with Gasteiger partial charge < -0.3 is 14.4 Å². The number of anilines is 1. The minimum Gasteiger partial charge on any atom is -0.496 e. The molecule has 40 heavy (non-hydrogen) atoms. The van der Waals surface area contributed by atoms with Crippen LogP contribution in [-0.4, -0.2) is 42.2 Å². The Bertz CT molecular complexity index is 1380. The molecule has 1 unspecified atom stereocenters. The van der Waals surface area contributed by atoms with Crippen molar-refractivity contribution in [2.45, 2.75) is 70.1 Å². The maximum Gasteiger partial charge on any atom is 0.411 e. The number of aromatic nitrogens is 1. The lowest BCUT2D eigenvalue weighted by Gasteiger charge is -2.33. The first-order valence-electron chi connectivity index (χ1n) is 14.3. The van der Waals surface area contributed by atoms with Crippen LogP contribution in [0.4, 0.5) is 19.4 Å². The lowest BCUT2D eigenvalue weighted by atomic mass is 9.83. The molecule has 6 nitrogen and oxygen atoms in total. The quantitative estimate of drug-likeness (QED) is 0.309. The van der Waals surface area contributed by atoms with E-state index in [1.54, 1.807) is 12.0 Å². The van der Waals surface area contributed by atoms with Crippen LogP contribution in [0.2, 0.25) is 0 Å². The number of carbonyl (C=O) groups is 1. The van der Waals surface area contributed by atoms with E-state index in [9.17, 15) is 13.6 Å². The van der Waals surface area contributed by atoms with E-state index < -0.39 is 29.9 Å². The molecule has 1 saturated carbocycles. The van der Waals surface area contributed by atoms with Gasteiger partial charge in [-0.1, -0.05) is 25.3 Å².